The maximum atomic E-state index is 6.00. The fourth-order valence-corrected chi connectivity index (χ4v) is 1.41. The number of rotatable bonds is 3. The summed E-state index contributed by atoms with van der Waals surface area (Å²) in [7, 11) is 0. The molecule has 0 aromatic carbocycles. The maximum absolute atomic E-state index is 6.00. The third-order valence-electron chi connectivity index (χ3n) is 2.39. The Balaban J connectivity index is 2.10. The molecule has 1 atom stereocenters. The Bertz CT molecular complexity index is 468. The molecule has 0 aliphatic carbocycles. The Morgan fingerprint density at radius 1 is 1.41 bits per heavy atom. The Morgan fingerprint density at radius 3 is 2.71 bits per heavy atom. The van der Waals surface area contributed by atoms with Gasteiger partial charge in [-0.2, -0.15) is 0 Å². The molecule has 92 valence electrons. The molecule has 0 bridgehead atoms. The molecule has 0 unspecified atom stereocenters. The van der Waals surface area contributed by atoms with Crippen molar-refractivity contribution in [3.63, 3.8) is 0 Å². The zero-order valence-electron chi connectivity index (χ0n) is 10.3. The number of aromatic amines is 1. The average molecular weight is 235 g/mol. The van der Waals surface area contributed by atoms with Gasteiger partial charge in [-0.25, -0.2) is 4.98 Å². The summed E-state index contributed by atoms with van der Waals surface area (Å²) in [5.74, 6) is 1.07. The van der Waals surface area contributed by atoms with Crippen LogP contribution in [0.4, 0.5) is 0 Å². The molecule has 2 heterocycles. The van der Waals surface area contributed by atoms with E-state index in [0.29, 0.717) is 18.2 Å². The number of nitrogens with zero attached hydrogens (tertiary/aromatic N) is 3. The van der Waals surface area contributed by atoms with Gasteiger partial charge in [-0.05, 0) is 0 Å². The first-order valence-electron chi connectivity index (χ1n) is 5.53. The van der Waals surface area contributed by atoms with Crippen LogP contribution in [-0.4, -0.2) is 20.2 Å². The van der Waals surface area contributed by atoms with E-state index in [0.717, 1.165) is 5.69 Å². The van der Waals surface area contributed by atoms with E-state index in [1.165, 1.54) is 0 Å². The normalized spacial score (nSPS) is 13.9. The number of H-pyrrole nitrogens is 1. The summed E-state index contributed by atoms with van der Waals surface area (Å²) in [6, 6.07) is -0.306. The van der Waals surface area contributed by atoms with Crippen LogP contribution in [0, 0.1) is 0 Å². The first-order chi connectivity index (χ1) is 7.97. The smallest absolute Gasteiger partial charge is 0.233 e. The van der Waals surface area contributed by atoms with Gasteiger partial charge in [-0.1, -0.05) is 20.8 Å². The van der Waals surface area contributed by atoms with Crippen LogP contribution in [0.1, 0.15) is 44.3 Å². The number of hydrogen-bond acceptors (Lipinski definition) is 5. The first kappa shape index (κ1) is 11.8. The van der Waals surface area contributed by atoms with Crippen molar-refractivity contribution in [2.24, 2.45) is 5.73 Å². The largest absolute Gasteiger partial charge is 0.423 e. The zero-order valence-corrected chi connectivity index (χ0v) is 10.3. The summed E-state index contributed by atoms with van der Waals surface area (Å²) in [5.41, 5.74) is 6.80. The first-order valence-corrected chi connectivity index (χ1v) is 5.53. The van der Waals surface area contributed by atoms with Gasteiger partial charge >= 0.3 is 0 Å². The standard InChI is InChI=1S/C11H17N5O/c1-11(2,3)10-16-15-9(17-10)8(12)4-7-5-13-6-14-7/h5-6,8H,4,12H2,1-3H3,(H,13,14)/t8-/m0/s1. The van der Waals surface area contributed by atoms with Crippen LogP contribution >= 0.6 is 0 Å². The van der Waals surface area contributed by atoms with E-state index in [2.05, 4.69) is 20.2 Å². The lowest BCUT2D eigenvalue weighted by atomic mass is 9.97. The predicted octanol–water partition coefficient (Wildman–Crippen LogP) is 1.33. The summed E-state index contributed by atoms with van der Waals surface area (Å²) in [6.07, 6.45) is 3.96. The molecule has 2 aromatic heterocycles. The van der Waals surface area contributed by atoms with E-state index < -0.39 is 0 Å². The number of aromatic nitrogens is 4. The number of hydrogen-bond donors (Lipinski definition) is 2. The van der Waals surface area contributed by atoms with Gasteiger partial charge < -0.3 is 15.1 Å². The number of nitrogens with two attached hydrogens (primary N) is 1. The zero-order chi connectivity index (χ0) is 12.5. The average Bonchev–Trinajstić information content (AvgIpc) is 2.85. The van der Waals surface area contributed by atoms with Gasteiger partial charge in [0.1, 0.15) is 0 Å². The second-order valence-electron chi connectivity index (χ2n) is 5.08. The van der Waals surface area contributed by atoms with Crippen LogP contribution in [0.5, 0.6) is 0 Å². The fourth-order valence-electron chi connectivity index (χ4n) is 1.41. The van der Waals surface area contributed by atoms with Crippen molar-refractivity contribution in [1.29, 1.82) is 0 Å². The van der Waals surface area contributed by atoms with Gasteiger partial charge in [-0.15, -0.1) is 10.2 Å². The van der Waals surface area contributed by atoms with Gasteiger partial charge in [0.2, 0.25) is 11.8 Å². The molecule has 0 saturated heterocycles. The Labute approximate surface area is 99.6 Å². The molecule has 0 saturated carbocycles. The van der Waals surface area contributed by atoms with E-state index in [4.69, 9.17) is 10.2 Å². The van der Waals surface area contributed by atoms with Gasteiger partial charge in [0.15, 0.2) is 0 Å². The molecule has 17 heavy (non-hydrogen) atoms. The van der Waals surface area contributed by atoms with Crippen LogP contribution in [0.15, 0.2) is 16.9 Å². The quantitative estimate of drug-likeness (QED) is 0.837. The molecule has 2 aromatic rings. The molecule has 6 nitrogen and oxygen atoms in total. The lowest BCUT2D eigenvalue weighted by Gasteiger charge is -2.11. The van der Waals surface area contributed by atoms with Crippen molar-refractivity contribution in [3.8, 4) is 0 Å². The van der Waals surface area contributed by atoms with Crippen molar-refractivity contribution in [3.05, 3.63) is 30.0 Å². The lowest BCUT2D eigenvalue weighted by Crippen LogP contribution is -2.14. The lowest BCUT2D eigenvalue weighted by molar-refractivity contribution is 0.355. The maximum Gasteiger partial charge on any atom is 0.233 e. The van der Waals surface area contributed by atoms with Crippen molar-refractivity contribution in [2.75, 3.05) is 0 Å². The third kappa shape index (κ3) is 2.71. The molecule has 0 radical (unpaired) electrons. The van der Waals surface area contributed by atoms with Gasteiger partial charge in [0, 0.05) is 23.7 Å². The van der Waals surface area contributed by atoms with E-state index >= 15 is 0 Å². The minimum absolute atomic E-state index is 0.154. The number of imidazole rings is 1. The molecule has 3 N–H and O–H groups in total. The Kier molecular flexibility index (Phi) is 2.97. The van der Waals surface area contributed by atoms with Gasteiger partial charge in [0.25, 0.3) is 0 Å². The highest BCUT2D eigenvalue weighted by molar-refractivity contribution is 5.03. The van der Waals surface area contributed by atoms with Gasteiger partial charge in [-0.3, -0.25) is 0 Å². The SMILES string of the molecule is CC(C)(C)c1nnc([C@@H](N)Cc2cnc[nH]2)o1. The molecule has 0 fully saturated rings. The van der Waals surface area contributed by atoms with Crippen LogP contribution in [0.2, 0.25) is 0 Å². The minimum Gasteiger partial charge on any atom is -0.423 e. The van der Waals surface area contributed by atoms with E-state index in [9.17, 15) is 0 Å². The van der Waals surface area contributed by atoms with Crippen LogP contribution in [0.3, 0.4) is 0 Å². The van der Waals surface area contributed by atoms with E-state index in [1.54, 1.807) is 12.5 Å². The van der Waals surface area contributed by atoms with Crippen molar-refractivity contribution in [2.45, 2.75) is 38.6 Å². The van der Waals surface area contributed by atoms with Crippen LogP contribution in [0.25, 0.3) is 0 Å². The molecule has 0 aliphatic heterocycles. The van der Waals surface area contributed by atoms with Crippen molar-refractivity contribution >= 4 is 0 Å². The van der Waals surface area contributed by atoms with Crippen molar-refractivity contribution < 1.29 is 4.42 Å². The van der Waals surface area contributed by atoms with Crippen LogP contribution in [-0.2, 0) is 11.8 Å². The second-order valence-corrected chi connectivity index (χ2v) is 5.08. The van der Waals surface area contributed by atoms with E-state index in [-0.39, 0.29) is 11.5 Å². The van der Waals surface area contributed by atoms with Gasteiger partial charge in [0.05, 0.1) is 12.4 Å². The predicted molar refractivity (Wildman–Crippen MR) is 62.2 cm³/mol. The number of nitrogens with one attached hydrogen (secondary N) is 1. The molecule has 2 rings (SSSR count). The second kappa shape index (κ2) is 4.29. The van der Waals surface area contributed by atoms with Crippen LogP contribution < -0.4 is 5.73 Å². The molecular weight excluding hydrogens is 218 g/mol. The highest BCUT2D eigenvalue weighted by Crippen LogP contribution is 2.22. The summed E-state index contributed by atoms with van der Waals surface area (Å²) < 4.78 is 5.58. The Hall–Kier alpha value is -1.69. The van der Waals surface area contributed by atoms with E-state index in [1.807, 2.05) is 20.8 Å². The summed E-state index contributed by atoms with van der Waals surface area (Å²) >= 11 is 0. The molecule has 6 heteroatoms. The third-order valence-corrected chi connectivity index (χ3v) is 2.39. The summed E-state index contributed by atoms with van der Waals surface area (Å²) in [5, 5.41) is 8.00. The molecule has 0 aliphatic rings. The monoisotopic (exact) mass is 235 g/mol. The highest BCUT2D eigenvalue weighted by atomic mass is 16.4. The summed E-state index contributed by atoms with van der Waals surface area (Å²) in [6.45, 7) is 6.06. The topological polar surface area (TPSA) is 93.6 Å². The molecular formula is C11H17N5O. The fraction of sp³-hybridized carbons (Fsp3) is 0.545. The molecule has 0 spiro atoms. The molecule has 0 amide bonds. The van der Waals surface area contributed by atoms with Crippen molar-refractivity contribution in [1.82, 2.24) is 20.2 Å². The highest BCUT2D eigenvalue weighted by Gasteiger charge is 2.23. The minimum atomic E-state index is -0.306. The summed E-state index contributed by atoms with van der Waals surface area (Å²) in [4.78, 5) is 6.93. The Morgan fingerprint density at radius 2 is 2.18 bits per heavy atom.